The minimum Gasteiger partial charge on any atom is -0.279 e. The Morgan fingerprint density at radius 2 is 2.25 bits per heavy atom. The molecule has 104 valence electrons. The van der Waals surface area contributed by atoms with Crippen LogP contribution >= 0.6 is 12.1 Å². The van der Waals surface area contributed by atoms with Crippen molar-refractivity contribution in [3.05, 3.63) is 59.2 Å². The lowest BCUT2D eigenvalue weighted by molar-refractivity contribution is 0.539. The summed E-state index contributed by atoms with van der Waals surface area (Å²) < 4.78 is 13.0. The Morgan fingerprint density at radius 1 is 1.45 bits per heavy atom. The van der Waals surface area contributed by atoms with E-state index in [0.717, 1.165) is 29.7 Å². The van der Waals surface area contributed by atoms with Gasteiger partial charge < -0.3 is 0 Å². The summed E-state index contributed by atoms with van der Waals surface area (Å²) in [5.41, 5.74) is 5.78. The summed E-state index contributed by atoms with van der Waals surface area (Å²) in [6.45, 7) is 7.73. The highest BCUT2D eigenvalue weighted by molar-refractivity contribution is 7.95. The molecule has 20 heavy (non-hydrogen) atoms. The van der Waals surface area contributed by atoms with Crippen molar-refractivity contribution in [2.24, 2.45) is 4.99 Å². The van der Waals surface area contributed by atoms with Crippen LogP contribution in [0.15, 0.2) is 47.5 Å². The SMILES string of the molecule is C=C/C=C1\CCc2cccc3c2C1=NC(C)C3(C)SF. The first kappa shape index (κ1) is 13.6. The van der Waals surface area contributed by atoms with Gasteiger partial charge in [-0.05, 0) is 43.4 Å². The van der Waals surface area contributed by atoms with Crippen molar-refractivity contribution in [1.82, 2.24) is 0 Å². The third kappa shape index (κ3) is 1.80. The van der Waals surface area contributed by atoms with E-state index in [1.807, 2.05) is 38.1 Å². The Bertz CT molecular complexity index is 632. The number of hydrogen-bond acceptors (Lipinski definition) is 2. The molecule has 2 unspecified atom stereocenters. The normalized spacial score (nSPS) is 29.9. The van der Waals surface area contributed by atoms with Gasteiger partial charge in [0.15, 0.2) is 0 Å². The Morgan fingerprint density at radius 3 is 2.95 bits per heavy atom. The zero-order valence-electron chi connectivity index (χ0n) is 11.8. The summed E-state index contributed by atoms with van der Waals surface area (Å²) in [7, 11) is 0. The van der Waals surface area contributed by atoms with E-state index in [9.17, 15) is 3.89 Å². The van der Waals surface area contributed by atoms with Crippen LogP contribution in [0.5, 0.6) is 0 Å². The molecule has 0 aromatic heterocycles. The summed E-state index contributed by atoms with van der Waals surface area (Å²) in [5, 5.41) is 0. The van der Waals surface area contributed by atoms with Crippen molar-refractivity contribution in [3.8, 4) is 0 Å². The van der Waals surface area contributed by atoms with Crippen LogP contribution in [0.3, 0.4) is 0 Å². The molecule has 0 spiro atoms. The van der Waals surface area contributed by atoms with Gasteiger partial charge in [0.05, 0.1) is 28.6 Å². The van der Waals surface area contributed by atoms with Crippen molar-refractivity contribution >= 4 is 17.9 Å². The lowest BCUT2D eigenvalue weighted by Crippen LogP contribution is -2.38. The summed E-state index contributed by atoms with van der Waals surface area (Å²) in [6, 6.07) is 6.15. The smallest absolute Gasteiger partial charge is 0.0921 e. The molecule has 3 rings (SSSR count). The van der Waals surface area contributed by atoms with Gasteiger partial charge in [0.1, 0.15) is 0 Å². The predicted octanol–water partition coefficient (Wildman–Crippen LogP) is 4.77. The largest absolute Gasteiger partial charge is 0.279 e. The summed E-state index contributed by atoms with van der Waals surface area (Å²) in [4.78, 5) is 4.82. The Kier molecular flexibility index (Phi) is 3.33. The number of rotatable bonds is 2. The van der Waals surface area contributed by atoms with Crippen LogP contribution in [0.25, 0.3) is 0 Å². The predicted molar refractivity (Wildman–Crippen MR) is 85.1 cm³/mol. The molecule has 0 radical (unpaired) electrons. The second kappa shape index (κ2) is 4.88. The molecule has 0 N–H and O–H groups in total. The molecular formula is C17H18FNS. The molecule has 1 aliphatic heterocycles. The van der Waals surface area contributed by atoms with Gasteiger partial charge in [-0.25, -0.2) is 0 Å². The van der Waals surface area contributed by atoms with E-state index >= 15 is 0 Å². The number of nitrogens with zero attached hydrogens (tertiary/aromatic N) is 1. The Hall–Kier alpha value is -1.35. The quantitative estimate of drug-likeness (QED) is 0.763. The third-order valence-corrected chi connectivity index (χ3v) is 5.37. The molecule has 2 aliphatic rings. The molecule has 3 heteroatoms. The fraction of sp³-hybridized carbons (Fsp3) is 0.353. The number of benzene rings is 1. The highest BCUT2D eigenvalue weighted by Gasteiger charge is 2.43. The second-order valence-corrected chi connectivity index (χ2v) is 6.61. The Balaban J connectivity index is 2.29. The number of aryl methyl sites for hydroxylation is 1. The van der Waals surface area contributed by atoms with Crippen LogP contribution in [0.2, 0.25) is 0 Å². The number of aliphatic imine (C=N–C) groups is 1. The highest BCUT2D eigenvalue weighted by Crippen LogP contribution is 2.48. The highest BCUT2D eigenvalue weighted by atomic mass is 32.2. The molecular weight excluding hydrogens is 269 g/mol. The fourth-order valence-corrected chi connectivity index (χ4v) is 3.58. The minimum absolute atomic E-state index is 0.0819. The summed E-state index contributed by atoms with van der Waals surface area (Å²) in [5.74, 6) is 0. The topological polar surface area (TPSA) is 12.4 Å². The van der Waals surface area contributed by atoms with Gasteiger partial charge in [0.25, 0.3) is 0 Å². The minimum atomic E-state index is -0.592. The average Bonchev–Trinajstić information content (AvgIpc) is 2.47. The molecule has 1 aromatic carbocycles. The molecule has 1 heterocycles. The van der Waals surface area contributed by atoms with Gasteiger partial charge in [-0.15, -0.1) is 0 Å². The first-order valence-corrected chi connectivity index (χ1v) is 7.65. The van der Waals surface area contributed by atoms with E-state index in [0.29, 0.717) is 12.1 Å². The lowest BCUT2D eigenvalue weighted by Gasteiger charge is -2.39. The van der Waals surface area contributed by atoms with E-state index in [-0.39, 0.29) is 6.04 Å². The molecule has 0 saturated heterocycles. The monoisotopic (exact) mass is 287 g/mol. The maximum Gasteiger partial charge on any atom is 0.0921 e. The van der Waals surface area contributed by atoms with Gasteiger partial charge in [0.2, 0.25) is 0 Å². The van der Waals surface area contributed by atoms with Crippen molar-refractivity contribution in [3.63, 3.8) is 0 Å². The van der Waals surface area contributed by atoms with Crippen LogP contribution in [0.1, 0.15) is 37.0 Å². The maximum atomic E-state index is 13.6. The standard InChI is InChI=1S/C17H18FNS/c1-4-6-13-10-9-12-7-5-8-14-15(12)16(13)19-11(2)17(14,3)20-18/h4-8,11H,1,9-10H2,2-3H3/b13-6+. The number of hydrogen-bond donors (Lipinski definition) is 0. The molecule has 2 atom stereocenters. The maximum absolute atomic E-state index is 13.6. The van der Waals surface area contributed by atoms with Crippen LogP contribution in [-0.4, -0.2) is 11.8 Å². The van der Waals surface area contributed by atoms with Crippen LogP contribution in [0.4, 0.5) is 3.89 Å². The van der Waals surface area contributed by atoms with Gasteiger partial charge in [-0.3, -0.25) is 4.99 Å². The van der Waals surface area contributed by atoms with Crippen molar-refractivity contribution in [1.29, 1.82) is 0 Å². The molecule has 0 bridgehead atoms. The zero-order chi connectivity index (χ0) is 14.3. The van der Waals surface area contributed by atoms with Crippen molar-refractivity contribution < 1.29 is 3.89 Å². The average molecular weight is 287 g/mol. The molecule has 1 aliphatic carbocycles. The molecule has 0 amide bonds. The zero-order valence-corrected chi connectivity index (χ0v) is 12.6. The van der Waals surface area contributed by atoms with Crippen LogP contribution < -0.4 is 0 Å². The van der Waals surface area contributed by atoms with E-state index < -0.39 is 4.75 Å². The molecule has 1 aromatic rings. The lowest BCUT2D eigenvalue weighted by atomic mass is 9.76. The molecule has 0 fully saturated rings. The Labute approximate surface area is 124 Å². The van der Waals surface area contributed by atoms with E-state index in [4.69, 9.17) is 4.99 Å². The number of halogens is 1. The first-order valence-electron chi connectivity index (χ1n) is 6.94. The van der Waals surface area contributed by atoms with Crippen molar-refractivity contribution in [2.45, 2.75) is 37.5 Å². The van der Waals surface area contributed by atoms with E-state index in [2.05, 4.69) is 12.6 Å². The van der Waals surface area contributed by atoms with Gasteiger partial charge in [-0.1, -0.05) is 36.9 Å². The van der Waals surface area contributed by atoms with Gasteiger partial charge in [0, 0.05) is 5.56 Å². The van der Waals surface area contributed by atoms with Gasteiger partial charge in [-0.2, -0.15) is 3.89 Å². The number of allylic oxidation sites excluding steroid dienone is 3. The third-order valence-electron chi connectivity index (χ3n) is 4.49. The summed E-state index contributed by atoms with van der Waals surface area (Å²) in [6.07, 6.45) is 5.82. The first-order chi connectivity index (χ1) is 9.61. The molecule has 1 nitrogen and oxygen atoms in total. The summed E-state index contributed by atoms with van der Waals surface area (Å²) >= 11 is 0.412. The van der Waals surface area contributed by atoms with Crippen LogP contribution in [0, 0.1) is 0 Å². The van der Waals surface area contributed by atoms with E-state index in [1.165, 1.54) is 11.1 Å². The van der Waals surface area contributed by atoms with Gasteiger partial charge >= 0.3 is 0 Å². The van der Waals surface area contributed by atoms with E-state index in [1.54, 1.807) is 0 Å². The second-order valence-electron chi connectivity index (χ2n) is 5.61. The fourth-order valence-electron chi connectivity index (χ4n) is 3.15. The molecule has 0 saturated carbocycles. The van der Waals surface area contributed by atoms with Crippen molar-refractivity contribution in [2.75, 3.05) is 0 Å². The van der Waals surface area contributed by atoms with Crippen LogP contribution in [-0.2, 0) is 11.2 Å².